The number of nitrogens with two attached hydrogens (primary N) is 1. The fourth-order valence-electron chi connectivity index (χ4n) is 2.64. The van der Waals surface area contributed by atoms with Gasteiger partial charge in [0.25, 0.3) is 6.43 Å². The molecule has 0 amide bonds. The minimum absolute atomic E-state index is 0.0652. The normalized spacial score (nSPS) is 12.2. The molecule has 11 heteroatoms. The summed E-state index contributed by atoms with van der Waals surface area (Å²) in [7, 11) is 3.43. The smallest absolute Gasteiger partial charge is 0.297 e. The van der Waals surface area contributed by atoms with Gasteiger partial charge in [-0.05, 0) is 14.0 Å². The van der Waals surface area contributed by atoms with Crippen molar-refractivity contribution in [3.05, 3.63) is 36.5 Å². The molecule has 1 atom stereocenters. The van der Waals surface area contributed by atoms with Gasteiger partial charge in [-0.25, -0.2) is 23.7 Å². The van der Waals surface area contributed by atoms with E-state index in [1.54, 1.807) is 18.5 Å². The van der Waals surface area contributed by atoms with Gasteiger partial charge in [-0.1, -0.05) is 0 Å². The monoisotopic (exact) mass is 404 g/mol. The third kappa shape index (κ3) is 4.93. The van der Waals surface area contributed by atoms with Gasteiger partial charge in [0, 0.05) is 41.7 Å². The molecule has 0 bridgehead atoms. The van der Waals surface area contributed by atoms with Crippen LogP contribution in [0, 0.1) is 0 Å². The van der Waals surface area contributed by atoms with E-state index in [0.717, 1.165) is 11.1 Å². The Hall–Kier alpha value is -3.34. The molecule has 0 saturated carbocycles. The van der Waals surface area contributed by atoms with Gasteiger partial charge >= 0.3 is 0 Å². The van der Waals surface area contributed by atoms with E-state index in [2.05, 4.69) is 37.6 Å². The van der Waals surface area contributed by atoms with Crippen LogP contribution in [0.3, 0.4) is 0 Å². The van der Waals surface area contributed by atoms with E-state index >= 15 is 0 Å². The van der Waals surface area contributed by atoms with Crippen LogP contribution < -0.4 is 21.1 Å². The van der Waals surface area contributed by atoms with Crippen molar-refractivity contribution in [3.8, 4) is 16.9 Å². The second-order valence-corrected chi connectivity index (χ2v) is 6.37. The van der Waals surface area contributed by atoms with Crippen molar-refractivity contribution in [1.82, 2.24) is 30.0 Å². The van der Waals surface area contributed by atoms with E-state index in [0.29, 0.717) is 18.1 Å². The summed E-state index contributed by atoms with van der Waals surface area (Å²) in [5.41, 5.74) is 7.16. The van der Waals surface area contributed by atoms with E-state index < -0.39 is 12.2 Å². The summed E-state index contributed by atoms with van der Waals surface area (Å²) in [6.45, 7) is 2.77. The predicted molar refractivity (Wildman–Crippen MR) is 105 cm³/mol. The lowest BCUT2D eigenvalue weighted by atomic mass is 10.1. The average Bonchev–Trinajstić information content (AvgIpc) is 3.15. The Bertz CT molecular complexity index is 978. The number of nitrogens with one attached hydrogen (secondary N) is 2. The number of anilines is 3. The maximum atomic E-state index is 12.9. The molecular formula is C18H22F2N8O. The number of ether oxygens (including phenoxy) is 1. The molecule has 3 heterocycles. The number of pyridine rings is 1. The Morgan fingerprint density at radius 3 is 2.69 bits per heavy atom. The van der Waals surface area contributed by atoms with Gasteiger partial charge in [-0.3, -0.25) is 4.68 Å². The van der Waals surface area contributed by atoms with Crippen LogP contribution in [-0.4, -0.2) is 44.9 Å². The maximum Gasteiger partial charge on any atom is 0.297 e. The number of likely N-dealkylation sites (N-methyl/N-ethyl adjacent to an activating group) is 1. The average molecular weight is 404 g/mol. The maximum absolute atomic E-state index is 12.9. The van der Waals surface area contributed by atoms with Crippen molar-refractivity contribution in [2.45, 2.75) is 25.9 Å². The first-order valence-corrected chi connectivity index (χ1v) is 8.83. The zero-order chi connectivity index (χ0) is 21.0. The topological polar surface area (TPSA) is 116 Å². The number of alkyl halides is 2. The first kappa shape index (κ1) is 20.4. The van der Waals surface area contributed by atoms with Crippen molar-refractivity contribution in [3.63, 3.8) is 0 Å². The molecule has 0 fully saturated rings. The lowest BCUT2D eigenvalue weighted by Crippen LogP contribution is -2.26. The molecule has 0 aliphatic rings. The highest BCUT2D eigenvalue weighted by atomic mass is 19.3. The standard InChI is InChI=1S/C18H22F2N8O/c1-10(22-2)8-28-9-11(6-24-28)12-7-23-15(4-13(12)29-3)26-16-5-14(21)25-18(27-16)17(19)20/h4-7,9-10,17,22H,8H2,1-3H3,(H3,21,23,25,26,27)/t10-/m1/s1. The van der Waals surface area contributed by atoms with Crippen LogP contribution in [0.4, 0.5) is 26.2 Å². The molecule has 0 aliphatic carbocycles. The van der Waals surface area contributed by atoms with Crippen molar-refractivity contribution in [2.75, 3.05) is 25.2 Å². The van der Waals surface area contributed by atoms with Crippen LogP contribution in [0.5, 0.6) is 5.75 Å². The van der Waals surface area contributed by atoms with Gasteiger partial charge in [0.15, 0.2) is 5.82 Å². The van der Waals surface area contributed by atoms with Crippen LogP contribution in [0.1, 0.15) is 19.2 Å². The highest BCUT2D eigenvalue weighted by Gasteiger charge is 2.15. The molecule has 4 N–H and O–H groups in total. The Morgan fingerprint density at radius 1 is 1.21 bits per heavy atom. The van der Waals surface area contributed by atoms with Crippen LogP contribution in [0.25, 0.3) is 11.1 Å². The molecule has 0 unspecified atom stereocenters. The quantitative estimate of drug-likeness (QED) is 0.525. The van der Waals surface area contributed by atoms with Gasteiger partial charge < -0.3 is 21.1 Å². The van der Waals surface area contributed by atoms with Gasteiger partial charge in [0.2, 0.25) is 0 Å². The summed E-state index contributed by atoms with van der Waals surface area (Å²) in [5, 5.41) is 10.4. The highest BCUT2D eigenvalue weighted by molar-refractivity contribution is 5.71. The number of halogens is 2. The molecule has 3 aromatic rings. The number of aromatic nitrogens is 5. The van der Waals surface area contributed by atoms with E-state index in [-0.39, 0.29) is 17.7 Å². The second kappa shape index (κ2) is 8.78. The lowest BCUT2D eigenvalue weighted by molar-refractivity contribution is 0.140. The fourth-order valence-corrected chi connectivity index (χ4v) is 2.64. The zero-order valence-corrected chi connectivity index (χ0v) is 16.2. The molecule has 0 aromatic carbocycles. The number of methoxy groups -OCH3 is 1. The van der Waals surface area contributed by atoms with Gasteiger partial charge in [0.1, 0.15) is 23.2 Å². The number of hydrogen-bond donors (Lipinski definition) is 3. The Balaban J connectivity index is 1.84. The van der Waals surface area contributed by atoms with E-state index in [1.807, 2.05) is 17.9 Å². The summed E-state index contributed by atoms with van der Waals surface area (Å²) in [6.07, 6.45) is 2.42. The number of rotatable bonds is 8. The van der Waals surface area contributed by atoms with Crippen LogP contribution in [0.2, 0.25) is 0 Å². The first-order chi connectivity index (χ1) is 13.9. The van der Waals surface area contributed by atoms with Crippen LogP contribution in [0.15, 0.2) is 30.7 Å². The van der Waals surface area contributed by atoms with Crippen LogP contribution in [-0.2, 0) is 6.54 Å². The lowest BCUT2D eigenvalue weighted by Gasteiger charge is -2.11. The highest BCUT2D eigenvalue weighted by Crippen LogP contribution is 2.31. The summed E-state index contributed by atoms with van der Waals surface area (Å²) in [5.74, 6) is 0.299. The molecule has 0 spiro atoms. The Labute approximate surface area is 166 Å². The minimum atomic E-state index is -2.83. The van der Waals surface area contributed by atoms with Gasteiger partial charge in [0.05, 0.1) is 19.9 Å². The van der Waals surface area contributed by atoms with Crippen molar-refractivity contribution >= 4 is 17.5 Å². The van der Waals surface area contributed by atoms with Gasteiger partial charge in [-0.15, -0.1) is 0 Å². The molecule has 3 rings (SSSR count). The number of nitrogens with zero attached hydrogens (tertiary/aromatic N) is 5. The molecular weight excluding hydrogens is 382 g/mol. The molecule has 29 heavy (non-hydrogen) atoms. The third-order valence-corrected chi connectivity index (χ3v) is 4.20. The molecule has 0 radical (unpaired) electrons. The number of nitrogen functional groups attached to an aromatic ring is 1. The summed E-state index contributed by atoms with van der Waals surface area (Å²) < 4.78 is 33.0. The predicted octanol–water partition coefficient (Wildman–Crippen LogP) is 2.62. The van der Waals surface area contributed by atoms with Crippen LogP contribution >= 0.6 is 0 Å². The Morgan fingerprint density at radius 2 is 2.00 bits per heavy atom. The number of hydrogen-bond acceptors (Lipinski definition) is 8. The first-order valence-electron chi connectivity index (χ1n) is 8.83. The van der Waals surface area contributed by atoms with Gasteiger partial charge in [-0.2, -0.15) is 5.10 Å². The largest absolute Gasteiger partial charge is 0.496 e. The molecule has 9 nitrogen and oxygen atoms in total. The summed E-state index contributed by atoms with van der Waals surface area (Å²) in [4.78, 5) is 11.6. The molecule has 0 saturated heterocycles. The second-order valence-electron chi connectivity index (χ2n) is 6.37. The van der Waals surface area contributed by atoms with Crippen molar-refractivity contribution in [2.24, 2.45) is 0 Å². The van der Waals surface area contributed by atoms with E-state index in [9.17, 15) is 8.78 Å². The molecule has 3 aromatic heterocycles. The Kier molecular flexibility index (Phi) is 6.17. The fraction of sp³-hybridized carbons (Fsp3) is 0.333. The minimum Gasteiger partial charge on any atom is -0.496 e. The summed E-state index contributed by atoms with van der Waals surface area (Å²) >= 11 is 0. The zero-order valence-electron chi connectivity index (χ0n) is 16.2. The van der Waals surface area contributed by atoms with Crippen molar-refractivity contribution < 1.29 is 13.5 Å². The SMILES string of the molecule is CN[C@H](C)Cn1cc(-c2cnc(Nc3cc(N)nc(C(F)F)n3)cc2OC)cn1. The van der Waals surface area contributed by atoms with E-state index in [4.69, 9.17) is 10.5 Å². The molecule has 0 aliphatic heterocycles. The molecule has 154 valence electrons. The summed E-state index contributed by atoms with van der Waals surface area (Å²) in [6, 6.07) is 3.26. The van der Waals surface area contributed by atoms with E-state index in [1.165, 1.54) is 13.2 Å². The van der Waals surface area contributed by atoms with Crippen molar-refractivity contribution in [1.29, 1.82) is 0 Å². The third-order valence-electron chi connectivity index (χ3n) is 4.20.